The van der Waals surface area contributed by atoms with Gasteiger partial charge in [0, 0.05) is 17.1 Å². The van der Waals surface area contributed by atoms with Gasteiger partial charge in [0.2, 0.25) is 5.91 Å². The molecule has 2 aromatic carbocycles. The summed E-state index contributed by atoms with van der Waals surface area (Å²) in [5.74, 6) is 0.647. The maximum atomic E-state index is 13.2. The number of halogens is 2. The maximum Gasteiger partial charge on any atom is 0.261 e. The minimum atomic E-state index is -0.658. The van der Waals surface area contributed by atoms with Crippen LogP contribution >= 0.6 is 27.5 Å². The average Bonchev–Trinajstić information content (AvgIpc) is 2.82. The Morgan fingerprint density at radius 1 is 1.18 bits per heavy atom. The summed E-state index contributed by atoms with van der Waals surface area (Å²) in [6, 6.07) is 12.2. The summed E-state index contributed by atoms with van der Waals surface area (Å²) < 4.78 is 11.8. The third kappa shape index (κ3) is 7.37. The van der Waals surface area contributed by atoms with Crippen molar-refractivity contribution < 1.29 is 19.1 Å². The van der Waals surface area contributed by atoms with Crippen LogP contribution in [0.25, 0.3) is 0 Å². The van der Waals surface area contributed by atoms with Gasteiger partial charge in [-0.15, -0.1) is 0 Å². The summed E-state index contributed by atoms with van der Waals surface area (Å²) in [6.07, 6.45) is 5.40. The number of carbonyl (C=O) groups is 2. The average molecular weight is 538 g/mol. The van der Waals surface area contributed by atoms with Gasteiger partial charge in [-0.2, -0.15) is 0 Å². The number of nitrogens with zero attached hydrogens (tertiary/aromatic N) is 1. The van der Waals surface area contributed by atoms with Crippen molar-refractivity contribution in [2.45, 2.75) is 57.7 Å². The molecule has 0 spiro atoms. The first-order valence-electron chi connectivity index (χ1n) is 11.2. The number of benzene rings is 2. The lowest BCUT2D eigenvalue weighted by molar-refractivity contribution is -0.142. The molecule has 178 valence electrons. The van der Waals surface area contributed by atoms with Crippen molar-refractivity contribution in [3.63, 3.8) is 0 Å². The van der Waals surface area contributed by atoms with E-state index in [9.17, 15) is 9.59 Å². The van der Waals surface area contributed by atoms with E-state index >= 15 is 0 Å². The summed E-state index contributed by atoms with van der Waals surface area (Å²) in [4.78, 5) is 27.8. The van der Waals surface area contributed by atoms with Gasteiger partial charge in [-0.25, -0.2) is 0 Å². The highest BCUT2D eigenvalue weighted by Crippen LogP contribution is 2.28. The monoisotopic (exact) mass is 536 g/mol. The molecule has 1 N–H and O–H groups in total. The first-order valence-corrected chi connectivity index (χ1v) is 12.3. The molecule has 2 amide bonds. The zero-order chi connectivity index (χ0) is 23.8. The van der Waals surface area contributed by atoms with Crippen molar-refractivity contribution in [2.24, 2.45) is 0 Å². The van der Waals surface area contributed by atoms with Crippen LogP contribution in [0.15, 0.2) is 46.9 Å². The lowest BCUT2D eigenvalue weighted by Gasteiger charge is -2.31. The molecule has 6 nitrogen and oxygen atoms in total. The van der Waals surface area contributed by atoms with Crippen molar-refractivity contribution in [3.8, 4) is 11.5 Å². The molecule has 0 unspecified atom stereocenters. The first kappa shape index (κ1) is 25.4. The van der Waals surface area contributed by atoms with E-state index in [2.05, 4.69) is 21.2 Å². The van der Waals surface area contributed by atoms with E-state index in [0.717, 1.165) is 35.7 Å². The molecular formula is C25H30BrClN2O4. The van der Waals surface area contributed by atoms with E-state index in [1.54, 1.807) is 37.1 Å². The number of nitrogens with one attached hydrogen (secondary N) is 1. The van der Waals surface area contributed by atoms with E-state index in [1.807, 2.05) is 24.3 Å². The van der Waals surface area contributed by atoms with Crippen LogP contribution in [-0.4, -0.2) is 42.5 Å². The van der Waals surface area contributed by atoms with Gasteiger partial charge >= 0.3 is 0 Å². The zero-order valence-electron chi connectivity index (χ0n) is 19.0. The topological polar surface area (TPSA) is 67.9 Å². The van der Waals surface area contributed by atoms with E-state index in [-0.39, 0.29) is 31.0 Å². The fourth-order valence-electron chi connectivity index (χ4n) is 3.93. The van der Waals surface area contributed by atoms with Crippen LogP contribution in [0.5, 0.6) is 11.5 Å². The maximum absolute atomic E-state index is 13.2. The molecule has 1 fully saturated rings. The van der Waals surface area contributed by atoms with Gasteiger partial charge in [-0.1, -0.05) is 58.9 Å². The van der Waals surface area contributed by atoms with E-state index in [4.69, 9.17) is 21.1 Å². The normalized spacial score (nSPS) is 14.9. The Bertz CT molecular complexity index is 965. The van der Waals surface area contributed by atoms with Gasteiger partial charge in [-0.05, 0) is 55.7 Å². The van der Waals surface area contributed by atoms with Crippen molar-refractivity contribution in [2.75, 3.05) is 13.7 Å². The minimum absolute atomic E-state index is 0.153. The quantitative estimate of drug-likeness (QED) is 0.468. The number of carbonyl (C=O) groups excluding carboxylic acids is 2. The van der Waals surface area contributed by atoms with Crippen LogP contribution in [0.3, 0.4) is 0 Å². The van der Waals surface area contributed by atoms with Crippen molar-refractivity contribution in [3.05, 3.63) is 57.5 Å². The molecule has 8 heteroatoms. The third-order valence-corrected chi connectivity index (χ3v) is 6.64. The molecule has 33 heavy (non-hydrogen) atoms. The van der Waals surface area contributed by atoms with Crippen molar-refractivity contribution in [1.29, 1.82) is 0 Å². The van der Waals surface area contributed by atoms with Gasteiger partial charge in [0.25, 0.3) is 5.91 Å². The van der Waals surface area contributed by atoms with E-state index < -0.39 is 6.04 Å². The third-order valence-electron chi connectivity index (χ3n) is 5.85. The Morgan fingerprint density at radius 3 is 2.64 bits per heavy atom. The number of rotatable bonds is 9. The van der Waals surface area contributed by atoms with Crippen molar-refractivity contribution >= 4 is 39.3 Å². The van der Waals surface area contributed by atoms with Crippen LogP contribution in [0, 0.1) is 0 Å². The Kier molecular flexibility index (Phi) is 9.44. The molecule has 0 aliphatic heterocycles. The van der Waals surface area contributed by atoms with Crippen LogP contribution in [-0.2, 0) is 16.1 Å². The molecular weight excluding hydrogens is 508 g/mol. The highest BCUT2D eigenvalue weighted by molar-refractivity contribution is 9.10. The van der Waals surface area contributed by atoms with Gasteiger partial charge in [-0.3, -0.25) is 9.59 Å². The second-order valence-electron chi connectivity index (χ2n) is 8.26. The lowest BCUT2D eigenvalue weighted by atomic mass is 9.95. The number of hydrogen-bond donors (Lipinski definition) is 1. The smallest absolute Gasteiger partial charge is 0.261 e. The van der Waals surface area contributed by atoms with Crippen LogP contribution in [0.2, 0.25) is 5.02 Å². The largest absolute Gasteiger partial charge is 0.497 e. The predicted molar refractivity (Wildman–Crippen MR) is 133 cm³/mol. The molecule has 3 rings (SSSR count). The molecule has 1 saturated carbocycles. The summed E-state index contributed by atoms with van der Waals surface area (Å²) in [5.41, 5.74) is 0.863. The molecule has 0 aromatic heterocycles. The molecule has 2 aromatic rings. The highest BCUT2D eigenvalue weighted by atomic mass is 79.9. The molecule has 0 radical (unpaired) electrons. The van der Waals surface area contributed by atoms with Gasteiger partial charge < -0.3 is 19.7 Å². The Balaban J connectivity index is 1.74. The summed E-state index contributed by atoms with van der Waals surface area (Å²) in [5, 5.41) is 3.53. The Labute approximate surface area is 208 Å². The van der Waals surface area contributed by atoms with Gasteiger partial charge in [0.1, 0.15) is 17.5 Å². The number of hydrogen-bond acceptors (Lipinski definition) is 4. The van der Waals surface area contributed by atoms with E-state index in [1.165, 1.54) is 6.42 Å². The number of methoxy groups -OCH3 is 1. The first-order chi connectivity index (χ1) is 15.9. The molecule has 1 aliphatic carbocycles. The SMILES string of the molecule is COc1cccc(CN(C(=O)COc2ccc(Br)cc2Cl)[C@H](C)C(=O)NC2CCCCC2)c1. The highest BCUT2D eigenvalue weighted by Gasteiger charge is 2.28. The summed E-state index contributed by atoms with van der Waals surface area (Å²) in [6.45, 7) is 1.78. The zero-order valence-corrected chi connectivity index (χ0v) is 21.3. The fraction of sp³-hybridized carbons (Fsp3) is 0.440. The molecule has 1 aliphatic rings. The van der Waals surface area contributed by atoms with Crippen LogP contribution < -0.4 is 14.8 Å². The van der Waals surface area contributed by atoms with Crippen LogP contribution in [0.1, 0.15) is 44.6 Å². The van der Waals surface area contributed by atoms with Crippen molar-refractivity contribution in [1.82, 2.24) is 10.2 Å². The summed E-state index contributed by atoms with van der Waals surface area (Å²) >= 11 is 9.57. The Hall–Kier alpha value is -2.25. The molecule has 0 heterocycles. The summed E-state index contributed by atoms with van der Waals surface area (Å²) in [7, 11) is 1.60. The molecule has 1 atom stereocenters. The number of amides is 2. The molecule has 0 saturated heterocycles. The van der Waals surface area contributed by atoms with E-state index in [0.29, 0.717) is 16.5 Å². The standard InChI is InChI=1S/C25H30BrClN2O4/c1-17(25(31)28-20-8-4-3-5-9-20)29(15-18-7-6-10-21(13-18)32-2)24(30)16-33-23-12-11-19(26)14-22(23)27/h6-7,10-14,17,20H,3-5,8-9,15-16H2,1-2H3,(H,28,31)/t17-/m1/s1. The fourth-order valence-corrected chi connectivity index (χ4v) is 4.66. The number of ether oxygens (including phenoxy) is 2. The predicted octanol–water partition coefficient (Wildman–Crippen LogP) is 5.36. The lowest BCUT2D eigenvalue weighted by Crippen LogP contribution is -2.51. The van der Waals surface area contributed by atoms with Crippen LogP contribution in [0.4, 0.5) is 0 Å². The molecule has 0 bridgehead atoms. The Morgan fingerprint density at radius 2 is 1.94 bits per heavy atom. The minimum Gasteiger partial charge on any atom is -0.497 e. The second-order valence-corrected chi connectivity index (χ2v) is 9.58. The van der Waals surface area contributed by atoms with Gasteiger partial charge in [0.05, 0.1) is 12.1 Å². The second kappa shape index (κ2) is 12.3. The van der Waals surface area contributed by atoms with Gasteiger partial charge in [0.15, 0.2) is 6.61 Å².